The Labute approximate surface area is 146 Å². The van der Waals surface area contributed by atoms with E-state index >= 15 is 0 Å². The molecule has 0 fully saturated rings. The van der Waals surface area contributed by atoms with E-state index in [1.165, 1.54) is 23.5 Å². The molecule has 2 aromatic carbocycles. The summed E-state index contributed by atoms with van der Waals surface area (Å²) in [6.45, 7) is 0. The van der Waals surface area contributed by atoms with E-state index in [0.29, 0.717) is 16.3 Å². The molecule has 0 radical (unpaired) electrons. The van der Waals surface area contributed by atoms with Crippen molar-refractivity contribution in [2.45, 2.75) is 0 Å². The van der Waals surface area contributed by atoms with Crippen LogP contribution in [0.25, 0.3) is 11.1 Å². The van der Waals surface area contributed by atoms with Crippen molar-refractivity contribution < 1.29 is 4.92 Å². The Kier molecular flexibility index (Phi) is 3.34. The van der Waals surface area contributed by atoms with Gasteiger partial charge in [-0.2, -0.15) is 5.26 Å². The van der Waals surface area contributed by atoms with Gasteiger partial charge in [-0.3, -0.25) is 10.1 Å². The number of fused-ring (bicyclic) bond motifs is 3. The fourth-order valence-electron chi connectivity index (χ4n) is 2.90. The van der Waals surface area contributed by atoms with E-state index in [0.717, 1.165) is 27.3 Å². The van der Waals surface area contributed by atoms with Crippen LogP contribution in [0.3, 0.4) is 0 Å². The Morgan fingerprint density at radius 1 is 1.12 bits per heavy atom. The number of nitrogens with two attached hydrogens (primary N) is 1. The van der Waals surface area contributed by atoms with Crippen LogP contribution in [0.15, 0.2) is 53.5 Å². The Morgan fingerprint density at radius 3 is 2.44 bits per heavy atom. The van der Waals surface area contributed by atoms with Crippen LogP contribution < -0.4 is 5.73 Å². The third-order valence-corrected chi connectivity index (χ3v) is 5.04. The molecule has 0 aliphatic heterocycles. The first-order valence-corrected chi connectivity index (χ1v) is 8.17. The van der Waals surface area contributed by atoms with Crippen molar-refractivity contribution in [3.63, 3.8) is 0 Å². The quantitative estimate of drug-likeness (QED) is 0.432. The molecule has 4 rings (SSSR count). The number of nitriles is 1. The Bertz CT molecular complexity index is 1090. The summed E-state index contributed by atoms with van der Waals surface area (Å²) < 4.78 is 0. The summed E-state index contributed by atoms with van der Waals surface area (Å²) in [5, 5.41) is 20.7. The van der Waals surface area contributed by atoms with Crippen molar-refractivity contribution in [2.24, 2.45) is 4.99 Å². The van der Waals surface area contributed by atoms with Crippen LogP contribution in [0.2, 0.25) is 0 Å². The number of non-ortho nitro benzene ring substituents is 1. The van der Waals surface area contributed by atoms with Gasteiger partial charge in [0.25, 0.3) is 5.69 Å². The predicted octanol–water partition coefficient (Wildman–Crippen LogP) is 4.26. The summed E-state index contributed by atoms with van der Waals surface area (Å²) in [4.78, 5) is 15.9. The largest absolute Gasteiger partial charge is 0.389 e. The average Bonchev–Trinajstić information content (AvgIpc) is 3.09. The molecule has 0 spiro atoms. The molecular formula is C18H10N4O2S. The number of nitro benzene ring substituents is 1. The maximum Gasteiger partial charge on any atom is 0.269 e. The molecule has 6 nitrogen and oxygen atoms in total. The standard InChI is InChI=1S/C18H10N4O2S/c19-9-14-15-12-3-1-2-4-13(12)16(17(15)25-18(14)20)21-10-5-7-11(8-6-10)22(23)24/h1-8H,20H2. The number of hydrogen-bond acceptors (Lipinski definition) is 6. The molecule has 7 heteroatoms. The lowest BCUT2D eigenvalue weighted by atomic mass is 10.0. The monoisotopic (exact) mass is 346 g/mol. The minimum absolute atomic E-state index is 0.0172. The number of rotatable bonds is 2. The average molecular weight is 346 g/mol. The number of nitro groups is 1. The van der Waals surface area contributed by atoms with Gasteiger partial charge in [0.1, 0.15) is 11.1 Å². The molecule has 1 aromatic heterocycles. The van der Waals surface area contributed by atoms with Crippen molar-refractivity contribution in [3.05, 3.63) is 74.6 Å². The van der Waals surface area contributed by atoms with Gasteiger partial charge in [0, 0.05) is 23.3 Å². The molecule has 120 valence electrons. The lowest BCUT2D eigenvalue weighted by Crippen LogP contribution is -1.95. The van der Waals surface area contributed by atoms with Crippen molar-refractivity contribution in [1.82, 2.24) is 0 Å². The van der Waals surface area contributed by atoms with E-state index < -0.39 is 4.92 Å². The normalized spacial score (nSPS) is 13.3. The maximum atomic E-state index is 10.8. The highest BCUT2D eigenvalue weighted by Crippen LogP contribution is 2.46. The van der Waals surface area contributed by atoms with E-state index in [9.17, 15) is 15.4 Å². The SMILES string of the molecule is N#Cc1c(N)sc2c1-c1ccccc1C2=Nc1ccc([N+](=O)[O-])cc1. The topological polar surface area (TPSA) is 105 Å². The zero-order valence-electron chi connectivity index (χ0n) is 12.8. The van der Waals surface area contributed by atoms with Crippen molar-refractivity contribution in [3.8, 4) is 17.2 Å². The number of aliphatic imine (C=N–C) groups is 1. The van der Waals surface area contributed by atoms with Crippen LogP contribution in [-0.4, -0.2) is 10.6 Å². The van der Waals surface area contributed by atoms with Crippen LogP contribution in [0.4, 0.5) is 16.4 Å². The molecule has 1 aliphatic carbocycles. The van der Waals surface area contributed by atoms with Gasteiger partial charge in [0.15, 0.2) is 0 Å². The molecule has 0 atom stereocenters. The van der Waals surface area contributed by atoms with Crippen molar-refractivity contribution >= 4 is 33.4 Å². The van der Waals surface area contributed by atoms with Crippen LogP contribution >= 0.6 is 11.3 Å². The number of nitrogen functional groups attached to an aromatic ring is 1. The Hall–Kier alpha value is -3.50. The minimum Gasteiger partial charge on any atom is -0.389 e. The van der Waals surface area contributed by atoms with E-state index in [2.05, 4.69) is 11.1 Å². The fourth-order valence-corrected chi connectivity index (χ4v) is 3.94. The van der Waals surface area contributed by atoms with E-state index in [1.807, 2.05) is 24.3 Å². The fraction of sp³-hybridized carbons (Fsp3) is 0. The molecule has 0 bridgehead atoms. The molecule has 3 aromatic rings. The van der Waals surface area contributed by atoms with Crippen LogP contribution in [-0.2, 0) is 0 Å². The number of nitrogens with zero attached hydrogens (tertiary/aromatic N) is 3. The van der Waals surface area contributed by atoms with Gasteiger partial charge in [0.05, 0.1) is 26.8 Å². The lowest BCUT2D eigenvalue weighted by molar-refractivity contribution is -0.384. The number of hydrogen-bond donors (Lipinski definition) is 1. The van der Waals surface area contributed by atoms with Crippen LogP contribution in [0.1, 0.15) is 16.0 Å². The van der Waals surface area contributed by atoms with Crippen LogP contribution in [0.5, 0.6) is 0 Å². The molecule has 0 unspecified atom stereocenters. The van der Waals surface area contributed by atoms with Gasteiger partial charge in [0.2, 0.25) is 0 Å². The summed E-state index contributed by atoms with van der Waals surface area (Å²) >= 11 is 1.34. The lowest BCUT2D eigenvalue weighted by Gasteiger charge is -2.02. The summed E-state index contributed by atoms with van der Waals surface area (Å²) in [7, 11) is 0. The molecule has 1 aliphatic rings. The second-order valence-electron chi connectivity index (χ2n) is 5.44. The minimum atomic E-state index is -0.445. The highest BCUT2D eigenvalue weighted by Gasteiger charge is 2.31. The first-order chi connectivity index (χ1) is 12.1. The molecule has 0 saturated heterocycles. The number of thiophene rings is 1. The predicted molar refractivity (Wildman–Crippen MR) is 97.3 cm³/mol. The number of benzene rings is 2. The van der Waals surface area contributed by atoms with Gasteiger partial charge < -0.3 is 5.73 Å². The molecule has 2 N–H and O–H groups in total. The molecular weight excluding hydrogens is 336 g/mol. The van der Waals surface area contributed by atoms with Gasteiger partial charge in [-0.15, -0.1) is 11.3 Å². The summed E-state index contributed by atoms with van der Waals surface area (Å²) in [5.41, 5.74) is 10.5. The summed E-state index contributed by atoms with van der Waals surface area (Å²) in [6.07, 6.45) is 0. The Balaban J connectivity index is 1.91. The van der Waals surface area contributed by atoms with E-state index in [4.69, 9.17) is 5.73 Å². The molecule has 1 heterocycles. The second kappa shape index (κ2) is 5.54. The highest BCUT2D eigenvalue weighted by atomic mass is 32.1. The molecule has 0 saturated carbocycles. The number of anilines is 1. The van der Waals surface area contributed by atoms with Gasteiger partial charge in [-0.05, 0) is 17.7 Å². The molecule has 25 heavy (non-hydrogen) atoms. The summed E-state index contributed by atoms with van der Waals surface area (Å²) in [5.74, 6) is 0. The second-order valence-corrected chi connectivity index (χ2v) is 6.49. The highest BCUT2D eigenvalue weighted by molar-refractivity contribution is 7.19. The smallest absolute Gasteiger partial charge is 0.269 e. The van der Waals surface area contributed by atoms with Gasteiger partial charge in [-0.25, -0.2) is 4.99 Å². The molecule has 0 amide bonds. The first-order valence-electron chi connectivity index (χ1n) is 7.36. The van der Waals surface area contributed by atoms with E-state index in [1.54, 1.807) is 12.1 Å². The third kappa shape index (κ3) is 2.28. The zero-order chi connectivity index (χ0) is 17.6. The first kappa shape index (κ1) is 15.1. The maximum absolute atomic E-state index is 10.8. The Morgan fingerprint density at radius 2 is 1.80 bits per heavy atom. The van der Waals surface area contributed by atoms with Gasteiger partial charge >= 0.3 is 0 Å². The summed E-state index contributed by atoms with van der Waals surface area (Å²) in [6, 6.07) is 15.9. The van der Waals surface area contributed by atoms with Crippen molar-refractivity contribution in [1.29, 1.82) is 5.26 Å². The third-order valence-electron chi connectivity index (χ3n) is 4.02. The van der Waals surface area contributed by atoms with Gasteiger partial charge in [-0.1, -0.05) is 24.3 Å². The van der Waals surface area contributed by atoms with E-state index in [-0.39, 0.29) is 5.69 Å². The van der Waals surface area contributed by atoms with Crippen LogP contribution in [0, 0.1) is 21.4 Å². The van der Waals surface area contributed by atoms with Crippen molar-refractivity contribution in [2.75, 3.05) is 5.73 Å². The zero-order valence-corrected chi connectivity index (χ0v) is 13.6.